The van der Waals surface area contributed by atoms with Crippen LogP contribution in [0.5, 0.6) is 0 Å². The second-order valence-electron chi connectivity index (χ2n) is 11.6. The lowest BCUT2D eigenvalue weighted by molar-refractivity contribution is 0.101. The van der Waals surface area contributed by atoms with Crippen molar-refractivity contribution in [3.8, 4) is 0 Å². The van der Waals surface area contributed by atoms with Gasteiger partial charge in [0.2, 0.25) is 5.95 Å². The molecule has 3 fully saturated rings. The molecule has 10 heteroatoms. The second kappa shape index (κ2) is 11.2. The lowest BCUT2D eigenvalue weighted by Gasteiger charge is -2.45. The third kappa shape index (κ3) is 5.10. The number of anilines is 3. The van der Waals surface area contributed by atoms with E-state index >= 15 is 0 Å². The fraction of sp³-hybridized carbons (Fsp3) is 0.567. The molecular weight excluding hydrogens is 504 g/mol. The number of hydrogen-bond donors (Lipinski definition) is 2. The van der Waals surface area contributed by atoms with E-state index in [4.69, 9.17) is 4.98 Å². The maximum absolute atomic E-state index is 13.5. The van der Waals surface area contributed by atoms with Gasteiger partial charge in [0, 0.05) is 49.3 Å². The van der Waals surface area contributed by atoms with Crippen LogP contribution in [0.4, 0.5) is 17.5 Å². The van der Waals surface area contributed by atoms with E-state index in [0.29, 0.717) is 35.1 Å². The topological polar surface area (TPSA) is 108 Å². The minimum absolute atomic E-state index is 0.0473. The SMILES string of the molecule is CC(=O)c1c(C)c2cnc(Nc3ccc(N4CCN(C5CCNCC5)C[C@H]4C)cn3)nc2n(C2CCCC2)c1=O. The molecule has 1 aliphatic carbocycles. The van der Waals surface area contributed by atoms with E-state index in [0.717, 1.165) is 69.5 Å². The standard InChI is InChI=1S/C30H40N8O2/c1-19-18-36(22-10-12-31-13-11-22)14-15-37(19)24-8-9-26(32-16-24)34-30-33-17-25-20(2)27(21(3)39)29(40)38(28(25)35-30)23-6-4-5-7-23/h8-9,16-17,19,22-23,31H,4-7,10-15,18H2,1-3H3,(H,32,33,34,35)/t19-/m1/s1. The van der Waals surface area contributed by atoms with Crippen molar-refractivity contribution in [3.63, 3.8) is 0 Å². The van der Waals surface area contributed by atoms with Crippen LogP contribution < -0.4 is 21.1 Å². The Bertz CT molecular complexity index is 1440. The molecule has 5 heterocycles. The maximum Gasteiger partial charge on any atom is 0.263 e. The largest absolute Gasteiger partial charge is 0.365 e. The Morgan fingerprint density at radius 3 is 2.48 bits per heavy atom. The predicted molar refractivity (Wildman–Crippen MR) is 158 cm³/mol. The number of rotatable bonds is 6. The normalized spacial score (nSPS) is 21.3. The first kappa shape index (κ1) is 26.8. The van der Waals surface area contributed by atoms with Crippen molar-refractivity contribution in [1.29, 1.82) is 0 Å². The Hall–Kier alpha value is -3.37. The quantitative estimate of drug-likeness (QED) is 0.448. The number of ketones is 1. The third-order valence-electron chi connectivity index (χ3n) is 9.05. The van der Waals surface area contributed by atoms with E-state index in [1.54, 1.807) is 10.8 Å². The number of pyridine rings is 2. The minimum Gasteiger partial charge on any atom is -0.365 e. The summed E-state index contributed by atoms with van der Waals surface area (Å²) in [6, 6.07) is 5.23. The van der Waals surface area contributed by atoms with Gasteiger partial charge < -0.3 is 15.5 Å². The van der Waals surface area contributed by atoms with E-state index in [1.165, 1.54) is 19.8 Å². The van der Waals surface area contributed by atoms with Gasteiger partial charge in [-0.3, -0.25) is 19.1 Å². The number of piperidine rings is 1. The summed E-state index contributed by atoms with van der Waals surface area (Å²) in [5, 5.41) is 7.44. The summed E-state index contributed by atoms with van der Waals surface area (Å²) in [5.41, 5.74) is 2.33. The Morgan fingerprint density at radius 1 is 1.02 bits per heavy atom. The van der Waals surface area contributed by atoms with Gasteiger partial charge in [0.1, 0.15) is 11.5 Å². The molecule has 0 spiro atoms. The first-order valence-corrected chi connectivity index (χ1v) is 14.8. The molecule has 0 bridgehead atoms. The highest BCUT2D eigenvalue weighted by molar-refractivity contribution is 5.99. The number of carbonyl (C=O) groups excluding carboxylic acids is 1. The highest BCUT2D eigenvalue weighted by Crippen LogP contribution is 2.32. The van der Waals surface area contributed by atoms with Gasteiger partial charge in [-0.1, -0.05) is 12.8 Å². The van der Waals surface area contributed by atoms with E-state index in [9.17, 15) is 9.59 Å². The van der Waals surface area contributed by atoms with Gasteiger partial charge in [-0.2, -0.15) is 4.98 Å². The van der Waals surface area contributed by atoms with Crippen molar-refractivity contribution in [1.82, 2.24) is 29.7 Å². The van der Waals surface area contributed by atoms with Crippen LogP contribution in [0, 0.1) is 6.92 Å². The van der Waals surface area contributed by atoms with E-state index in [2.05, 4.69) is 43.4 Å². The molecule has 10 nitrogen and oxygen atoms in total. The fourth-order valence-corrected chi connectivity index (χ4v) is 6.93. The summed E-state index contributed by atoms with van der Waals surface area (Å²) in [4.78, 5) is 44.9. The molecule has 40 heavy (non-hydrogen) atoms. The van der Waals surface area contributed by atoms with Crippen molar-refractivity contribution in [2.75, 3.05) is 42.9 Å². The number of Topliss-reactive ketones (excluding diaryl/α,β-unsaturated/α-hetero) is 1. The number of carbonyl (C=O) groups is 1. The van der Waals surface area contributed by atoms with Crippen LogP contribution in [0.15, 0.2) is 29.3 Å². The number of hydrogen-bond acceptors (Lipinski definition) is 9. The van der Waals surface area contributed by atoms with Crippen molar-refractivity contribution in [2.45, 2.75) is 77.4 Å². The van der Waals surface area contributed by atoms with Gasteiger partial charge in [-0.25, -0.2) is 9.97 Å². The third-order valence-corrected chi connectivity index (χ3v) is 9.05. The van der Waals surface area contributed by atoms with Crippen molar-refractivity contribution >= 4 is 34.3 Å². The number of nitrogens with zero attached hydrogens (tertiary/aromatic N) is 6. The average Bonchev–Trinajstić information content (AvgIpc) is 3.48. The lowest BCUT2D eigenvalue weighted by Crippen LogP contribution is -2.56. The summed E-state index contributed by atoms with van der Waals surface area (Å²) in [7, 11) is 0. The van der Waals surface area contributed by atoms with Crippen LogP contribution in [0.3, 0.4) is 0 Å². The zero-order valence-electron chi connectivity index (χ0n) is 23.8. The number of nitrogens with one attached hydrogen (secondary N) is 2. The van der Waals surface area contributed by atoms with Gasteiger partial charge in [-0.05, 0) is 77.2 Å². The Morgan fingerprint density at radius 2 is 1.80 bits per heavy atom. The maximum atomic E-state index is 13.5. The zero-order chi connectivity index (χ0) is 27.8. The van der Waals surface area contributed by atoms with Crippen LogP contribution in [0.2, 0.25) is 0 Å². The molecular formula is C30H40N8O2. The molecule has 0 radical (unpaired) electrons. The molecule has 6 rings (SSSR count). The molecule has 1 saturated carbocycles. The molecule has 0 unspecified atom stereocenters. The molecule has 3 aromatic rings. The van der Waals surface area contributed by atoms with Crippen molar-refractivity contribution in [2.24, 2.45) is 0 Å². The van der Waals surface area contributed by atoms with Gasteiger partial charge in [-0.15, -0.1) is 0 Å². The molecule has 3 aliphatic rings. The molecule has 1 atom stereocenters. The summed E-state index contributed by atoms with van der Waals surface area (Å²) in [5.74, 6) is 0.818. The van der Waals surface area contributed by atoms with Crippen LogP contribution in [-0.2, 0) is 0 Å². The summed E-state index contributed by atoms with van der Waals surface area (Å²) < 4.78 is 1.74. The Labute approximate surface area is 235 Å². The van der Waals surface area contributed by atoms with E-state index in [-0.39, 0.29) is 22.9 Å². The first-order valence-electron chi connectivity index (χ1n) is 14.8. The van der Waals surface area contributed by atoms with E-state index in [1.807, 2.05) is 19.2 Å². The minimum atomic E-state index is -0.245. The van der Waals surface area contributed by atoms with Crippen LogP contribution in [0.25, 0.3) is 11.0 Å². The van der Waals surface area contributed by atoms with Gasteiger partial charge in [0.05, 0.1) is 17.4 Å². The number of aromatic nitrogens is 4. The number of piperazine rings is 1. The first-order chi connectivity index (χ1) is 19.4. The molecule has 3 aromatic heterocycles. The molecule has 212 valence electrons. The Kier molecular flexibility index (Phi) is 7.55. The van der Waals surface area contributed by atoms with Crippen LogP contribution in [-0.4, -0.2) is 75.0 Å². The van der Waals surface area contributed by atoms with Gasteiger partial charge >= 0.3 is 0 Å². The second-order valence-corrected chi connectivity index (χ2v) is 11.6. The molecule has 0 amide bonds. The summed E-state index contributed by atoms with van der Waals surface area (Å²) in [6.07, 6.45) is 10.1. The van der Waals surface area contributed by atoms with Crippen molar-refractivity contribution in [3.05, 3.63) is 46.0 Å². The summed E-state index contributed by atoms with van der Waals surface area (Å²) in [6.45, 7) is 10.9. The fourth-order valence-electron chi connectivity index (χ4n) is 6.93. The highest BCUT2D eigenvalue weighted by atomic mass is 16.1. The van der Waals surface area contributed by atoms with Gasteiger partial charge in [0.25, 0.3) is 5.56 Å². The number of fused-ring (bicyclic) bond motifs is 1. The smallest absolute Gasteiger partial charge is 0.263 e. The highest BCUT2D eigenvalue weighted by Gasteiger charge is 2.30. The van der Waals surface area contributed by atoms with E-state index < -0.39 is 0 Å². The zero-order valence-corrected chi connectivity index (χ0v) is 23.8. The van der Waals surface area contributed by atoms with Crippen molar-refractivity contribution < 1.29 is 4.79 Å². The monoisotopic (exact) mass is 544 g/mol. The Balaban J connectivity index is 1.22. The molecule has 2 saturated heterocycles. The average molecular weight is 545 g/mol. The number of aryl methyl sites for hydroxylation is 1. The molecule has 2 aliphatic heterocycles. The summed E-state index contributed by atoms with van der Waals surface area (Å²) >= 11 is 0. The van der Waals surface area contributed by atoms with Crippen LogP contribution in [0.1, 0.15) is 74.3 Å². The predicted octanol–water partition coefficient (Wildman–Crippen LogP) is 3.82. The lowest BCUT2D eigenvalue weighted by atomic mass is 10.0. The van der Waals surface area contributed by atoms with Gasteiger partial charge in [0.15, 0.2) is 5.78 Å². The molecule has 0 aromatic carbocycles. The molecule has 2 N–H and O–H groups in total. The van der Waals surface area contributed by atoms with Crippen LogP contribution >= 0.6 is 0 Å².